The van der Waals surface area contributed by atoms with Gasteiger partial charge in [-0.2, -0.15) is 11.8 Å². The first kappa shape index (κ1) is 13.8. The molecule has 0 radical (unpaired) electrons. The van der Waals surface area contributed by atoms with Crippen molar-refractivity contribution in [3.63, 3.8) is 0 Å². The summed E-state index contributed by atoms with van der Waals surface area (Å²) in [7, 11) is 3.60. The summed E-state index contributed by atoms with van der Waals surface area (Å²) in [5.74, 6) is 1.43. The Morgan fingerprint density at radius 1 is 1.29 bits per heavy atom. The van der Waals surface area contributed by atoms with Crippen molar-refractivity contribution in [2.24, 2.45) is 0 Å². The van der Waals surface area contributed by atoms with E-state index in [9.17, 15) is 4.79 Å². The molecular weight excluding hydrogens is 196 g/mol. The predicted molar refractivity (Wildman–Crippen MR) is 63.8 cm³/mol. The minimum Gasteiger partial charge on any atom is -0.349 e. The third kappa shape index (κ3) is 8.38. The van der Waals surface area contributed by atoms with Gasteiger partial charge in [0.25, 0.3) is 0 Å². The Morgan fingerprint density at radius 3 is 2.50 bits per heavy atom. The van der Waals surface area contributed by atoms with Crippen molar-refractivity contribution in [1.29, 1.82) is 0 Å². The third-order valence-corrected chi connectivity index (χ3v) is 2.64. The molecule has 0 bridgehead atoms. The van der Waals surface area contributed by atoms with Crippen LogP contribution in [0.25, 0.3) is 0 Å². The Bertz CT molecular complexity index is 151. The quantitative estimate of drug-likeness (QED) is 0.621. The van der Waals surface area contributed by atoms with Crippen LogP contribution >= 0.6 is 11.8 Å². The molecule has 0 aromatic rings. The fourth-order valence-corrected chi connectivity index (χ4v) is 1.49. The molecule has 0 unspecified atom stereocenters. The zero-order chi connectivity index (χ0) is 10.8. The molecule has 1 amide bonds. The maximum Gasteiger partial charge on any atom is 0.222 e. The molecule has 0 aromatic heterocycles. The summed E-state index contributed by atoms with van der Waals surface area (Å²) in [5.41, 5.74) is 0. The minimum atomic E-state index is 0.218. The van der Waals surface area contributed by atoms with E-state index in [-0.39, 0.29) is 5.91 Å². The second-order valence-corrected chi connectivity index (χ2v) is 4.47. The van der Waals surface area contributed by atoms with Gasteiger partial charge in [0.15, 0.2) is 0 Å². The number of nitrogens with one attached hydrogen (secondary N) is 1. The van der Waals surface area contributed by atoms with Crippen LogP contribution in [0, 0.1) is 0 Å². The topological polar surface area (TPSA) is 32.3 Å². The summed E-state index contributed by atoms with van der Waals surface area (Å²) < 4.78 is 0. The van der Waals surface area contributed by atoms with Crippen molar-refractivity contribution in [1.82, 2.24) is 10.2 Å². The predicted octanol–water partition coefficient (Wildman–Crippen LogP) is 1.20. The van der Waals surface area contributed by atoms with Crippen LogP contribution in [0.2, 0.25) is 0 Å². The lowest BCUT2D eigenvalue weighted by Gasteiger charge is -2.09. The van der Waals surface area contributed by atoms with Gasteiger partial charge < -0.3 is 10.2 Å². The second-order valence-electron chi connectivity index (χ2n) is 3.49. The Kier molecular flexibility index (Phi) is 9.19. The molecule has 0 rings (SSSR count). The molecule has 0 spiro atoms. The number of rotatable bonds is 8. The number of amides is 1. The van der Waals surface area contributed by atoms with E-state index in [1.165, 1.54) is 12.2 Å². The summed E-state index contributed by atoms with van der Waals surface area (Å²) in [5, 5.41) is 3.33. The van der Waals surface area contributed by atoms with Crippen LogP contribution in [0.1, 0.15) is 19.3 Å². The average molecular weight is 218 g/mol. The van der Waals surface area contributed by atoms with Crippen LogP contribution in [0.5, 0.6) is 0 Å². The Hall–Kier alpha value is -0.220. The van der Waals surface area contributed by atoms with Gasteiger partial charge in [0.05, 0.1) is 0 Å². The van der Waals surface area contributed by atoms with Gasteiger partial charge in [0, 0.05) is 20.5 Å². The van der Waals surface area contributed by atoms with Gasteiger partial charge in [-0.15, -0.1) is 0 Å². The molecule has 1 N–H and O–H groups in total. The number of nitrogens with zero attached hydrogens (tertiary/aromatic N) is 1. The first-order chi connectivity index (χ1) is 6.68. The first-order valence-corrected chi connectivity index (χ1v) is 6.47. The highest BCUT2D eigenvalue weighted by Crippen LogP contribution is 1.94. The van der Waals surface area contributed by atoms with Crippen molar-refractivity contribution < 1.29 is 4.79 Å². The highest BCUT2D eigenvalue weighted by molar-refractivity contribution is 7.98. The van der Waals surface area contributed by atoms with E-state index >= 15 is 0 Å². The van der Waals surface area contributed by atoms with E-state index in [0.717, 1.165) is 19.5 Å². The fourth-order valence-electron chi connectivity index (χ4n) is 1.05. The van der Waals surface area contributed by atoms with Crippen molar-refractivity contribution in [2.45, 2.75) is 19.3 Å². The van der Waals surface area contributed by atoms with Crippen LogP contribution in [-0.2, 0) is 4.79 Å². The molecule has 0 aliphatic rings. The Morgan fingerprint density at radius 2 is 1.93 bits per heavy atom. The van der Waals surface area contributed by atoms with Crippen LogP contribution in [0.15, 0.2) is 0 Å². The highest BCUT2D eigenvalue weighted by atomic mass is 32.2. The monoisotopic (exact) mass is 218 g/mol. The maximum atomic E-state index is 11.2. The lowest BCUT2D eigenvalue weighted by atomic mass is 10.3. The molecule has 0 saturated heterocycles. The number of hydrogen-bond acceptors (Lipinski definition) is 3. The van der Waals surface area contributed by atoms with Crippen LogP contribution in [-0.4, -0.2) is 50.0 Å². The molecular formula is C10H22N2OS. The minimum absolute atomic E-state index is 0.218. The van der Waals surface area contributed by atoms with Gasteiger partial charge in [-0.05, 0) is 37.9 Å². The van der Waals surface area contributed by atoms with E-state index in [4.69, 9.17) is 0 Å². The number of carbonyl (C=O) groups is 1. The molecule has 14 heavy (non-hydrogen) atoms. The molecule has 0 heterocycles. The van der Waals surface area contributed by atoms with Gasteiger partial charge in [-0.1, -0.05) is 0 Å². The zero-order valence-corrected chi connectivity index (χ0v) is 10.3. The third-order valence-electron chi connectivity index (χ3n) is 1.95. The highest BCUT2D eigenvalue weighted by Gasteiger charge is 2.01. The fraction of sp³-hybridized carbons (Fsp3) is 0.900. The van der Waals surface area contributed by atoms with Crippen molar-refractivity contribution in [3.05, 3.63) is 0 Å². The molecule has 0 fully saturated rings. The van der Waals surface area contributed by atoms with Gasteiger partial charge >= 0.3 is 0 Å². The lowest BCUT2D eigenvalue weighted by Crippen LogP contribution is -2.24. The maximum absolute atomic E-state index is 11.2. The molecule has 0 aliphatic carbocycles. The van der Waals surface area contributed by atoms with Crippen molar-refractivity contribution in [2.75, 3.05) is 39.2 Å². The van der Waals surface area contributed by atoms with E-state index in [2.05, 4.69) is 11.6 Å². The van der Waals surface area contributed by atoms with Crippen molar-refractivity contribution >= 4 is 17.7 Å². The van der Waals surface area contributed by atoms with Crippen LogP contribution in [0.4, 0.5) is 0 Å². The summed E-state index contributed by atoms with van der Waals surface area (Å²) in [6.45, 7) is 2.02. The van der Waals surface area contributed by atoms with Gasteiger partial charge in [0.1, 0.15) is 0 Å². The standard InChI is InChI=1S/C10H22N2OS/c1-12(2)10(13)6-4-7-11-8-5-9-14-3/h11H,4-9H2,1-3H3. The molecule has 0 aromatic carbocycles. The molecule has 4 heteroatoms. The van der Waals surface area contributed by atoms with E-state index in [1.54, 1.807) is 19.0 Å². The Balaban J connectivity index is 3.10. The summed E-state index contributed by atoms with van der Waals surface area (Å²) in [4.78, 5) is 12.8. The van der Waals surface area contributed by atoms with E-state index in [1.807, 2.05) is 11.8 Å². The van der Waals surface area contributed by atoms with E-state index in [0.29, 0.717) is 6.42 Å². The summed E-state index contributed by atoms with van der Waals surface area (Å²) in [6.07, 6.45) is 4.93. The lowest BCUT2D eigenvalue weighted by molar-refractivity contribution is -0.128. The zero-order valence-electron chi connectivity index (χ0n) is 9.51. The number of hydrogen-bond donors (Lipinski definition) is 1. The molecule has 84 valence electrons. The van der Waals surface area contributed by atoms with Crippen LogP contribution < -0.4 is 5.32 Å². The number of carbonyl (C=O) groups excluding carboxylic acids is 1. The average Bonchev–Trinajstić information content (AvgIpc) is 2.16. The first-order valence-electron chi connectivity index (χ1n) is 5.08. The van der Waals surface area contributed by atoms with Gasteiger partial charge in [-0.25, -0.2) is 0 Å². The summed E-state index contributed by atoms with van der Waals surface area (Å²) >= 11 is 1.87. The summed E-state index contributed by atoms with van der Waals surface area (Å²) in [6, 6.07) is 0. The smallest absolute Gasteiger partial charge is 0.222 e. The van der Waals surface area contributed by atoms with Crippen LogP contribution in [0.3, 0.4) is 0 Å². The molecule has 0 aliphatic heterocycles. The SMILES string of the molecule is CSCCCNCCCC(=O)N(C)C. The normalized spacial score (nSPS) is 10.2. The van der Waals surface area contributed by atoms with E-state index < -0.39 is 0 Å². The molecule has 3 nitrogen and oxygen atoms in total. The van der Waals surface area contributed by atoms with Crippen molar-refractivity contribution in [3.8, 4) is 0 Å². The molecule has 0 saturated carbocycles. The van der Waals surface area contributed by atoms with Gasteiger partial charge in [-0.3, -0.25) is 4.79 Å². The second kappa shape index (κ2) is 9.34. The van der Waals surface area contributed by atoms with Gasteiger partial charge in [0.2, 0.25) is 5.91 Å². The molecule has 0 atom stereocenters. The largest absolute Gasteiger partial charge is 0.349 e. The number of thioether (sulfide) groups is 1. The Labute approximate surface area is 91.6 Å².